The maximum Gasteiger partial charge on any atom is 0.416 e. The average molecular weight is 460 g/mol. The number of piperidine rings is 1. The Hall–Kier alpha value is -2.94. The smallest absolute Gasteiger partial charge is 0.349 e. The van der Waals surface area contributed by atoms with Gasteiger partial charge in [-0.2, -0.15) is 18.3 Å². The van der Waals surface area contributed by atoms with E-state index < -0.39 is 11.7 Å². The van der Waals surface area contributed by atoms with Crippen LogP contribution in [-0.2, 0) is 12.7 Å². The SMILES string of the molecule is Cc1nc2c(cnn2C(C)C)cc1C(=O)NC1CCN(Cc2cccc(C(F)(F)F)c2)CC1. The van der Waals surface area contributed by atoms with E-state index in [9.17, 15) is 18.0 Å². The lowest BCUT2D eigenvalue weighted by Gasteiger charge is -2.32. The van der Waals surface area contributed by atoms with Gasteiger partial charge >= 0.3 is 6.18 Å². The van der Waals surface area contributed by atoms with E-state index in [2.05, 4.69) is 20.3 Å². The third-order valence-corrected chi connectivity index (χ3v) is 6.08. The topological polar surface area (TPSA) is 63.1 Å². The number of alkyl halides is 3. The van der Waals surface area contributed by atoms with Crippen molar-refractivity contribution in [3.8, 4) is 0 Å². The Morgan fingerprint density at radius 2 is 1.94 bits per heavy atom. The molecular weight excluding hydrogens is 431 g/mol. The minimum Gasteiger partial charge on any atom is -0.349 e. The molecule has 3 aromatic rings. The molecule has 4 rings (SSSR count). The van der Waals surface area contributed by atoms with Gasteiger partial charge in [-0.1, -0.05) is 18.2 Å². The molecule has 0 atom stereocenters. The summed E-state index contributed by atoms with van der Waals surface area (Å²) in [5, 5.41) is 8.30. The standard InChI is InChI=1S/C24H28F3N5O/c1-15(2)32-22-18(13-28-32)12-21(16(3)29-22)23(33)30-20-7-9-31(10-8-20)14-17-5-4-6-19(11-17)24(25,26)27/h4-6,11-13,15,20H,7-10,14H2,1-3H3,(H,30,33). The van der Waals surface area contributed by atoms with Gasteiger partial charge in [-0.05, 0) is 51.3 Å². The molecule has 0 radical (unpaired) electrons. The van der Waals surface area contributed by atoms with E-state index >= 15 is 0 Å². The van der Waals surface area contributed by atoms with Crippen molar-refractivity contribution in [3.63, 3.8) is 0 Å². The number of hydrogen-bond donors (Lipinski definition) is 1. The van der Waals surface area contributed by atoms with E-state index in [0.29, 0.717) is 36.5 Å². The number of rotatable bonds is 5. The highest BCUT2D eigenvalue weighted by Gasteiger charge is 2.30. The Kier molecular flexibility index (Phi) is 6.43. The first kappa shape index (κ1) is 23.2. The van der Waals surface area contributed by atoms with Gasteiger partial charge in [0.25, 0.3) is 5.91 Å². The van der Waals surface area contributed by atoms with Crippen LogP contribution in [0.3, 0.4) is 0 Å². The number of nitrogens with zero attached hydrogens (tertiary/aromatic N) is 4. The van der Waals surface area contributed by atoms with E-state index in [1.165, 1.54) is 12.1 Å². The molecule has 0 unspecified atom stereocenters. The Morgan fingerprint density at radius 1 is 1.21 bits per heavy atom. The van der Waals surface area contributed by atoms with E-state index in [4.69, 9.17) is 0 Å². The fourth-order valence-corrected chi connectivity index (χ4v) is 4.28. The van der Waals surface area contributed by atoms with Crippen LogP contribution >= 0.6 is 0 Å². The van der Waals surface area contributed by atoms with Gasteiger partial charge in [0.1, 0.15) is 0 Å². The highest BCUT2D eigenvalue weighted by atomic mass is 19.4. The summed E-state index contributed by atoms with van der Waals surface area (Å²) in [5.74, 6) is -0.157. The van der Waals surface area contributed by atoms with Gasteiger partial charge in [-0.25, -0.2) is 9.67 Å². The van der Waals surface area contributed by atoms with Gasteiger partial charge in [0.05, 0.1) is 23.0 Å². The fraction of sp³-hybridized carbons (Fsp3) is 0.458. The van der Waals surface area contributed by atoms with Gasteiger partial charge in [-0.3, -0.25) is 9.69 Å². The van der Waals surface area contributed by atoms with Gasteiger partial charge in [0, 0.05) is 37.1 Å². The van der Waals surface area contributed by atoms with Crippen molar-refractivity contribution < 1.29 is 18.0 Å². The third kappa shape index (κ3) is 5.19. The third-order valence-electron chi connectivity index (χ3n) is 6.08. The summed E-state index contributed by atoms with van der Waals surface area (Å²) in [7, 11) is 0. The van der Waals surface area contributed by atoms with Crippen molar-refractivity contribution in [2.75, 3.05) is 13.1 Å². The molecule has 1 aliphatic heterocycles. The van der Waals surface area contributed by atoms with Crippen LogP contribution in [0.2, 0.25) is 0 Å². The number of likely N-dealkylation sites (tertiary alicyclic amines) is 1. The second-order valence-electron chi connectivity index (χ2n) is 8.94. The number of aromatic nitrogens is 3. The summed E-state index contributed by atoms with van der Waals surface area (Å²) in [6, 6.07) is 7.49. The number of amides is 1. The van der Waals surface area contributed by atoms with Gasteiger partial charge in [0.2, 0.25) is 0 Å². The zero-order chi connectivity index (χ0) is 23.8. The van der Waals surface area contributed by atoms with Crippen molar-refractivity contribution in [1.82, 2.24) is 25.0 Å². The molecule has 3 heterocycles. The summed E-state index contributed by atoms with van der Waals surface area (Å²) >= 11 is 0. The molecule has 9 heteroatoms. The van der Waals surface area contributed by atoms with Gasteiger partial charge in [0.15, 0.2) is 5.65 Å². The molecule has 176 valence electrons. The van der Waals surface area contributed by atoms with Crippen molar-refractivity contribution in [2.24, 2.45) is 0 Å². The van der Waals surface area contributed by atoms with E-state index in [0.717, 1.165) is 29.9 Å². The lowest BCUT2D eigenvalue weighted by molar-refractivity contribution is -0.137. The Bertz CT molecular complexity index is 1150. The monoisotopic (exact) mass is 459 g/mol. The van der Waals surface area contributed by atoms with Crippen LogP contribution < -0.4 is 5.32 Å². The molecule has 0 bridgehead atoms. The van der Waals surface area contributed by atoms with E-state index in [1.54, 1.807) is 12.3 Å². The van der Waals surface area contributed by atoms with Crippen molar-refractivity contribution >= 4 is 16.9 Å². The number of fused-ring (bicyclic) bond motifs is 1. The first-order valence-corrected chi connectivity index (χ1v) is 11.2. The molecule has 1 N–H and O–H groups in total. The first-order valence-electron chi connectivity index (χ1n) is 11.2. The van der Waals surface area contributed by atoms with Gasteiger partial charge in [-0.15, -0.1) is 0 Å². The predicted octanol–water partition coefficient (Wildman–Crippen LogP) is 4.73. The van der Waals surface area contributed by atoms with Crippen LogP contribution in [0.1, 0.15) is 59.9 Å². The zero-order valence-electron chi connectivity index (χ0n) is 19.0. The Labute approximate surface area is 190 Å². The van der Waals surface area contributed by atoms with Gasteiger partial charge < -0.3 is 5.32 Å². The summed E-state index contributed by atoms with van der Waals surface area (Å²) in [4.78, 5) is 19.7. The molecule has 1 fully saturated rings. The number of halogens is 3. The molecule has 1 amide bonds. The van der Waals surface area contributed by atoms with Crippen LogP contribution in [0.25, 0.3) is 11.0 Å². The minimum absolute atomic E-state index is 0.0174. The predicted molar refractivity (Wildman–Crippen MR) is 120 cm³/mol. The number of pyridine rings is 1. The summed E-state index contributed by atoms with van der Waals surface area (Å²) in [5.41, 5.74) is 1.98. The first-order chi connectivity index (χ1) is 15.6. The highest BCUT2D eigenvalue weighted by Crippen LogP contribution is 2.30. The van der Waals surface area contributed by atoms with Crippen molar-refractivity contribution in [1.29, 1.82) is 0 Å². The molecule has 2 aromatic heterocycles. The highest BCUT2D eigenvalue weighted by molar-refractivity contribution is 5.98. The number of carbonyl (C=O) groups excluding carboxylic acids is 1. The fourth-order valence-electron chi connectivity index (χ4n) is 4.28. The average Bonchev–Trinajstić information content (AvgIpc) is 3.17. The number of nitrogens with one attached hydrogen (secondary N) is 1. The second kappa shape index (κ2) is 9.13. The lowest BCUT2D eigenvalue weighted by atomic mass is 10.0. The van der Waals surface area contributed by atoms with E-state index in [-0.39, 0.29) is 18.0 Å². The number of aryl methyl sites for hydroxylation is 1. The van der Waals surface area contributed by atoms with Crippen LogP contribution in [0, 0.1) is 6.92 Å². The van der Waals surface area contributed by atoms with Crippen LogP contribution in [0.15, 0.2) is 36.5 Å². The zero-order valence-corrected chi connectivity index (χ0v) is 19.0. The summed E-state index contributed by atoms with van der Waals surface area (Å²) < 4.78 is 40.7. The summed E-state index contributed by atoms with van der Waals surface area (Å²) in [6.45, 7) is 7.76. The number of hydrogen-bond acceptors (Lipinski definition) is 4. The molecule has 0 spiro atoms. The molecule has 1 saturated heterocycles. The second-order valence-corrected chi connectivity index (χ2v) is 8.94. The largest absolute Gasteiger partial charge is 0.416 e. The normalized spacial score (nSPS) is 16.0. The number of carbonyl (C=O) groups is 1. The molecule has 6 nitrogen and oxygen atoms in total. The van der Waals surface area contributed by atoms with Crippen molar-refractivity contribution in [3.05, 3.63) is 58.9 Å². The molecule has 1 aromatic carbocycles. The molecule has 0 saturated carbocycles. The van der Waals surface area contributed by atoms with Crippen molar-refractivity contribution in [2.45, 2.75) is 58.4 Å². The van der Waals surface area contributed by atoms with Crippen LogP contribution in [0.5, 0.6) is 0 Å². The molecular formula is C24H28F3N5O. The minimum atomic E-state index is -4.34. The Morgan fingerprint density at radius 3 is 2.61 bits per heavy atom. The maximum atomic E-state index is 12.9. The lowest BCUT2D eigenvalue weighted by Crippen LogP contribution is -2.44. The van der Waals surface area contributed by atoms with Crippen LogP contribution in [-0.4, -0.2) is 44.7 Å². The van der Waals surface area contributed by atoms with Crippen LogP contribution in [0.4, 0.5) is 13.2 Å². The Balaban J connectivity index is 1.35. The van der Waals surface area contributed by atoms with E-state index in [1.807, 2.05) is 31.5 Å². The quantitative estimate of drug-likeness (QED) is 0.599. The molecule has 1 aliphatic rings. The molecule has 0 aliphatic carbocycles. The number of benzene rings is 1. The molecule has 33 heavy (non-hydrogen) atoms. The maximum absolute atomic E-state index is 12.9. The summed E-state index contributed by atoms with van der Waals surface area (Å²) in [6.07, 6.45) is -1.13.